The van der Waals surface area contributed by atoms with Gasteiger partial charge in [-0.3, -0.25) is 0 Å². The lowest BCUT2D eigenvalue weighted by molar-refractivity contribution is 0.148. The van der Waals surface area contributed by atoms with Crippen molar-refractivity contribution in [2.75, 3.05) is 13.2 Å². The van der Waals surface area contributed by atoms with Gasteiger partial charge in [-0.2, -0.15) is 0 Å². The van der Waals surface area contributed by atoms with Gasteiger partial charge in [0.1, 0.15) is 11.5 Å². The first-order chi connectivity index (χ1) is 11.6. The van der Waals surface area contributed by atoms with E-state index in [2.05, 4.69) is 17.4 Å². The topological polar surface area (TPSA) is 65.7 Å². The zero-order valence-corrected chi connectivity index (χ0v) is 14.2. The number of aliphatic hydroxyl groups excluding tert-OH is 1. The Morgan fingerprint density at radius 1 is 1.38 bits per heavy atom. The van der Waals surface area contributed by atoms with E-state index in [-0.39, 0.29) is 24.7 Å². The van der Waals surface area contributed by atoms with E-state index in [9.17, 15) is 9.90 Å². The predicted molar refractivity (Wildman–Crippen MR) is 91.7 cm³/mol. The van der Waals surface area contributed by atoms with Crippen LogP contribution in [0, 0.1) is 6.92 Å². The van der Waals surface area contributed by atoms with Crippen molar-refractivity contribution in [2.45, 2.75) is 38.8 Å². The van der Waals surface area contributed by atoms with Crippen LogP contribution in [-0.4, -0.2) is 29.2 Å². The number of rotatable bonds is 5. The van der Waals surface area contributed by atoms with Crippen molar-refractivity contribution in [3.63, 3.8) is 0 Å². The second-order valence-electron chi connectivity index (χ2n) is 6.29. The zero-order valence-electron chi connectivity index (χ0n) is 14.2. The van der Waals surface area contributed by atoms with Gasteiger partial charge in [0.05, 0.1) is 18.7 Å². The molecule has 0 spiro atoms. The third-order valence-corrected chi connectivity index (χ3v) is 4.61. The van der Waals surface area contributed by atoms with E-state index in [0.717, 1.165) is 24.4 Å². The van der Waals surface area contributed by atoms with E-state index < -0.39 is 0 Å². The van der Waals surface area contributed by atoms with Crippen LogP contribution < -0.4 is 5.32 Å². The van der Waals surface area contributed by atoms with Crippen molar-refractivity contribution in [3.05, 3.63) is 59.0 Å². The summed E-state index contributed by atoms with van der Waals surface area (Å²) in [4.78, 5) is 14.5. The molecular weight excluding hydrogens is 304 g/mol. The normalized spacial score (nSPS) is 17.4. The third-order valence-electron chi connectivity index (χ3n) is 4.61. The fourth-order valence-corrected chi connectivity index (χ4v) is 3.39. The van der Waals surface area contributed by atoms with E-state index in [4.69, 9.17) is 4.42 Å². The number of nitrogens with zero attached hydrogens (tertiary/aromatic N) is 1. The maximum atomic E-state index is 12.8. The molecule has 1 aliphatic rings. The number of amides is 2. The molecule has 0 saturated heterocycles. The van der Waals surface area contributed by atoms with Crippen molar-refractivity contribution in [1.82, 2.24) is 10.2 Å². The Morgan fingerprint density at radius 3 is 2.88 bits per heavy atom. The molecule has 128 valence electrons. The summed E-state index contributed by atoms with van der Waals surface area (Å²) in [5.41, 5.74) is 2.47. The SMILES string of the molecule is Cc1ccc(C(C)NC(=O)N(CCO)C2CCc3ccccc32)o1. The maximum Gasteiger partial charge on any atom is 0.318 e. The third kappa shape index (κ3) is 3.31. The fraction of sp³-hybridized carbons (Fsp3) is 0.421. The molecule has 1 aliphatic carbocycles. The summed E-state index contributed by atoms with van der Waals surface area (Å²) in [7, 11) is 0. The molecule has 2 atom stereocenters. The van der Waals surface area contributed by atoms with Gasteiger partial charge >= 0.3 is 6.03 Å². The van der Waals surface area contributed by atoms with E-state index in [1.807, 2.05) is 38.1 Å². The predicted octanol–water partition coefficient (Wildman–Crippen LogP) is 3.34. The summed E-state index contributed by atoms with van der Waals surface area (Å²) in [6.07, 6.45) is 1.85. The van der Waals surface area contributed by atoms with Crippen molar-refractivity contribution in [1.29, 1.82) is 0 Å². The molecular formula is C19H24N2O3. The molecule has 5 heteroatoms. The Kier molecular flexibility index (Phi) is 4.90. The van der Waals surface area contributed by atoms with Crippen LogP contribution in [0.15, 0.2) is 40.8 Å². The van der Waals surface area contributed by atoms with Gasteiger partial charge in [0.15, 0.2) is 0 Å². The van der Waals surface area contributed by atoms with Crippen LogP contribution in [0.4, 0.5) is 4.79 Å². The van der Waals surface area contributed by atoms with Gasteiger partial charge in [-0.1, -0.05) is 24.3 Å². The molecule has 1 aromatic carbocycles. The number of urea groups is 1. The van der Waals surface area contributed by atoms with Crippen LogP contribution in [0.3, 0.4) is 0 Å². The van der Waals surface area contributed by atoms with Crippen molar-refractivity contribution in [3.8, 4) is 0 Å². The van der Waals surface area contributed by atoms with Crippen molar-refractivity contribution >= 4 is 6.03 Å². The lowest BCUT2D eigenvalue weighted by Crippen LogP contribution is -2.44. The molecule has 24 heavy (non-hydrogen) atoms. The highest BCUT2D eigenvalue weighted by molar-refractivity contribution is 5.75. The second kappa shape index (κ2) is 7.09. The zero-order chi connectivity index (χ0) is 17.1. The number of fused-ring (bicyclic) bond motifs is 1. The van der Waals surface area contributed by atoms with Gasteiger partial charge in [0.2, 0.25) is 0 Å². The van der Waals surface area contributed by atoms with Gasteiger partial charge in [-0.15, -0.1) is 0 Å². The number of furan rings is 1. The summed E-state index contributed by atoms with van der Waals surface area (Å²) in [6.45, 7) is 4.04. The Balaban J connectivity index is 1.75. The van der Waals surface area contributed by atoms with Crippen molar-refractivity contribution in [2.24, 2.45) is 0 Å². The number of benzene rings is 1. The first-order valence-corrected chi connectivity index (χ1v) is 8.42. The highest BCUT2D eigenvalue weighted by Gasteiger charge is 2.31. The minimum absolute atomic E-state index is 0.0129. The standard InChI is InChI=1S/C19H24N2O3/c1-13-7-10-18(24-13)14(2)20-19(23)21(11-12-22)17-9-8-15-5-3-4-6-16(15)17/h3-7,10,14,17,22H,8-9,11-12H2,1-2H3,(H,20,23). The minimum Gasteiger partial charge on any atom is -0.464 e. The van der Waals surface area contributed by atoms with Gasteiger partial charge < -0.3 is 19.7 Å². The summed E-state index contributed by atoms with van der Waals surface area (Å²) in [5.74, 6) is 1.56. The van der Waals surface area contributed by atoms with Gasteiger partial charge in [0.25, 0.3) is 0 Å². The Bertz CT molecular complexity index is 710. The maximum absolute atomic E-state index is 12.8. The first-order valence-electron chi connectivity index (χ1n) is 8.42. The first kappa shape index (κ1) is 16.6. The Hall–Kier alpha value is -2.27. The molecule has 0 bridgehead atoms. The van der Waals surface area contributed by atoms with E-state index in [1.165, 1.54) is 11.1 Å². The van der Waals surface area contributed by atoms with Crippen LogP contribution in [0.1, 0.15) is 48.1 Å². The molecule has 1 heterocycles. The number of aryl methyl sites for hydroxylation is 2. The molecule has 2 aromatic rings. The van der Waals surface area contributed by atoms with E-state index in [1.54, 1.807) is 4.90 Å². The van der Waals surface area contributed by atoms with Gasteiger partial charge in [-0.05, 0) is 49.9 Å². The average molecular weight is 328 g/mol. The second-order valence-corrected chi connectivity index (χ2v) is 6.29. The van der Waals surface area contributed by atoms with E-state index >= 15 is 0 Å². The van der Waals surface area contributed by atoms with E-state index in [0.29, 0.717) is 6.54 Å². The quantitative estimate of drug-likeness (QED) is 0.884. The molecule has 1 aromatic heterocycles. The number of carbonyl (C=O) groups excluding carboxylic acids is 1. The number of aliphatic hydroxyl groups is 1. The molecule has 0 fully saturated rings. The highest BCUT2D eigenvalue weighted by atomic mass is 16.3. The molecule has 2 unspecified atom stereocenters. The molecule has 5 nitrogen and oxygen atoms in total. The number of nitrogens with one attached hydrogen (secondary N) is 1. The monoisotopic (exact) mass is 328 g/mol. The van der Waals surface area contributed by atoms with Crippen molar-refractivity contribution < 1.29 is 14.3 Å². The minimum atomic E-state index is -0.218. The largest absolute Gasteiger partial charge is 0.464 e. The molecule has 0 aliphatic heterocycles. The lowest BCUT2D eigenvalue weighted by atomic mass is 10.1. The summed E-state index contributed by atoms with van der Waals surface area (Å²) in [6, 6.07) is 11.6. The summed E-state index contributed by atoms with van der Waals surface area (Å²) < 4.78 is 5.58. The fourth-order valence-electron chi connectivity index (χ4n) is 3.39. The van der Waals surface area contributed by atoms with Gasteiger partial charge in [0, 0.05) is 6.54 Å². The summed E-state index contributed by atoms with van der Waals surface area (Å²) in [5, 5.41) is 12.4. The highest BCUT2D eigenvalue weighted by Crippen LogP contribution is 2.35. The van der Waals surface area contributed by atoms with Crippen LogP contribution in [0.2, 0.25) is 0 Å². The Labute approximate surface area is 142 Å². The molecule has 3 rings (SSSR count). The number of hydrogen-bond acceptors (Lipinski definition) is 3. The molecule has 2 N–H and O–H groups in total. The van der Waals surface area contributed by atoms with Crippen LogP contribution in [0.25, 0.3) is 0 Å². The molecule has 2 amide bonds. The number of hydrogen-bond donors (Lipinski definition) is 2. The molecule has 0 radical (unpaired) electrons. The molecule has 0 saturated carbocycles. The Morgan fingerprint density at radius 2 is 2.17 bits per heavy atom. The lowest BCUT2D eigenvalue weighted by Gasteiger charge is -2.30. The van der Waals surface area contributed by atoms with Crippen LogP contribution in [-0.2, 0) is 6.42 Å². The summed E-state index contributed by atoms with van der Waals surface area (Å²) >= 11 is 0. The smallest absolute Gasteiger partial charge is 0.318 e. The van der Waals surface area contributed by atoms with Crippen LogP contribution in [0.5, 0.6) is 0 Å². The average Bonchev–Trinajstić information content (AvgIpc) is 3.19. The van der Waals surface area contributed by atoms with Gasteiger partial charge in [-0.25, -0.2) is 4.79 Å². The number of carbonyl (C=O) groups is 1. The van der Waals surface area contributed by atoms with Crippen LogP contribution >= 0.6 is 0 Å².